The zero-order valence-corrected chi connectivity index (χ0v) is 17.0. The summed E-state index contributed by atoms with van der Waals surface area (Å²) in [5.74, 6) is 1.29. The molecule has 3 aromatic rings. The van der Waals surface area contributed by atoms with Gasteiger partial charge in [-0.05, 0) is 58.2 Å². The van der Waals surface area contributed by atoms with Crippen molar-refractivity contribution < 1.29 is 14.3 Å². The Morgan fingerprint density at radius 2 is 1.74 bits per heavy atom. The molecular weight excluding hydrogens is 406 g/mol. The Labute approximate surface area is 167 Å². The van der Waals surface area contributed by atoms with E-state index < -0.39 is 0 Å². The summed E-state index contributed by atoms with van der Waals surface area (Å²) in [4.78, 5) is 12.2. The van der Waals surface area contributed by atoms with Crippen LogP contribution in [0.1, 0.15) is 12.5 Å². The number of ether oxygens (including phenoxy) is 2. The number of hydrogen-bond donors (Lipinski definition) is 1. The predicted octanol–water partition coefficient (Wildman–Crippen LogP) is 4.87. The normalized spacial score (nSPS) is 11.8. The Hall–Kier alpha value is -2.53. The first-order valence-electron chi connectivity index (χ1n) is 8.82. The Kier molecular flexibility index (Phi) is 6.35. The average molecular weight is 428 g/mol. The monoisotopic (exact) mass is 427 g/mol. The Morgan fingerprint density at radius 3 is 2.56 bits per heavy atom. The van der Waals surface area contributed by atoms with Crippen molar-refractivity contribution in [1.29, 1.82) is 0 Å². The quantitative estimate of drug-likeness (QED) is 0.584. The van der Waals surface area contributed by atoms with Gasteiger partial charge in [-0.15, -0.1) is 0 Å². The average Bonchev–Trinajstić information content (AvgIpc) is 2.67. The molecule has 3 rings (SSSR count). The number of carbonyl (C=O) groups excluding carboxylic acids is 1. The number of para-hydroxylation sites is 1. The number of aryl methyl sites for hydroxylation is 1. The Morgan fingerprint density at radius 1 is 1.00 bits per heavy atom. The van der Waals surface area contributed by atoms with Gasteiger partial charge in [0.05, 0.1) is 10.5 Å². The minimum Gasteiger partial charge on any atom is -0.491 e. The lowest BCUT2D eigenvalue weighted by Gasteiger charge is -2.16. The largest absolute Gasteiger partial charge is 0.491 e. The molecule has 0 aliphatic carbocycles. The SMILES string of the molecule is Cc1ccccc1OCC(C)NC(=O)COc1ccc2ccccc2c1Br. The van der Waals surface area contributed by atoms with Crippen LogP contribution in [0.4, 0.5) is 0 Å². The van der Waals surface area contributed by atoms with Crippen molar-refractivity contribution in [3.63, 3.8) is 0 Å². The highest BCUT2D eigenvalue weighted by Gasteiger charge is 2.11. The third-order valence-electron chi connectivity index (χ3n) is 4.18. The van der Waals surface area contributed by atoms with Crippen LogP contribution < -0.4 is 14.8 Å². The van der Waals surface area contributed by atoms with Crippen LogP contribution in [0.15, 0.2) is 65.1 Å². The number of hydrogen-bond acceptors (Lipinski definition) is 3. The number of rotatable bonds is 7. The maximum Gasteiger partial charge on any atom is 0.258 e. The maximum absolute atomic E-state index is 12.2. The number of benzene rings is 3. The molecule has 0 spiro atoms. The van der Waals surface area contributed by atoms with E-state index in [2.05, 4.69) is 21.2 Å². The van der Waals surface area contributed by atoms with Crippen LogP contribution in [0.3, 0.4) is 0 Å². The highest BCUT2D eigenvalue weighted by Crippen LogP contribution is 2.32. The fourth-order valence-electron chi connectivity index (χ4n) is 2.76. The van der Waals surface area contributed by atoms with E-state index in [1.54, 1.807) is 0 Å². The van der Waals surface area contributed by atoms with Crippen molar-refractivity contribution in [2.75, 3.05) is 13.2 Å². The Balaban J connectivity index is 1.51. The molecule has 5 heteroatoms. The second-order valence-electron chi connectivity index (χ2n) is 6.43. The molecule has 1 atom stereocenters. The standard InChI is InChI=1S/C22H22BrNO3/c1-15-7-3-6-10-19(15)26-13-16(2)24-21(25)14-27-20-12-11-17-8-4-5-9-18(17)22(20)23/h3-12,16H,13-14H2,1-2H3,(H,24,25). The molecular formula is C22H22BrNO3. The van der Waals surface area contributed by atoms with Gasteiger partial charge in [-0.25, -0.2) is 0 Å². The van der Waals surface area contributed by atoms with Crippen LogP contribution in [0.25, 0.3) is 10.8 Å². The number of carbonyl (C=O) groups is 1. The molecule has 0 saturated heterocycles. The van der Waals surface area contributed by atoms with Crippen LogP contribution in [-0.4, -0.2) is 25.2 Å². The van der Waals surface area contributed by atoms with Crippen molar-refractivity contribution in [3.05, 3.63) is 70.7 Å². The van der Waals surface area contributed by atoms with Crippen molar-refractivity contribution >= 4 is 32.6 Å². The summed E-state index contributed by atoms with van der Waals surface area (Å²) in [5.41, 5.74) is 1.07. The van der Waals surface area contributed by atoms with Gasteiger partial charge in [0.25, 0.3) is 5.91 Å². The van der Waals surface area contributed by atoms with Crippen LogP contribution in [0.5, 0.6) is 11.5 Å². The molecule has 0 aromatic heterocycles. The van der Waals surface area contributed by atoms with Crippen molar-refractivity contribution in [2.45, 2.75) is 19.9 Å². The van der Waals surface area contributed by atoms with Crippen LogP contribution in [-0.2, 0) is 4.79 Å². The molecule has 3 aromatic carbocycles. The summed E-state index contributed by atoms with van der Waals surface area (Å²) in [6.07, 6.45) is 0. The lowest BCUT2D eigenvalue weighted by Crippen LogP contribution is -2.39. The minimum absolute atomic E-state index is 0.0500. The van der Waals surface area contributed by atoms with Crippen LogP contribution in [0.2, 0.25) is 0 Å². The molecule has 27 heavy (non-hydrogen) atoms. The molecule has 0 fully saturated rings. The van der Waals surface area contributed by atoms with Gasteiger partial charge >= 0.3 is 0 Å². The van der Waals surface area contributed by atoms with Crippen LogP contribution >= 0.6 is 15.9 Å². The van der Waals surface area contributed by atoms with Gasteiger partial charge in [0.2, 0.25) is 0 Å². The topological polar surface area (TPSA) is 47.6 Å². The predicted molar refractivity (Wildman–Crippen MR) is 111 cm³/mol. The van der Waals surface area contributed by atoms with E-state index in [0.29, 0.717) is 12.4 Å². The van der Waals surface area contributed by atoms with E-state index in [4.69, 9.17) is 9.47 Å². The zero-order chi connectivity index (χ0) is 19.2. The zero-order valence-electron chi connectivity index (χ0n) is 15.4. The Bertz CT molecular complexity index is 942. The van der Waals surface area contributed by atoms with Gasteiger partial charge in [0.1, 0.15) is 18.1 Å². The third-order valence-corrected chi connectivity index (χ3v) is 4.99. The number of amides is 1. The van der Waals surface area contributed by atoms with Crippen LogP contribution in [0, 0.1) is 6.92 Å². The third kappa shape index (κ3) is 5.01. The number of halogens is 1. The van der Waals surface area contributed by atoms with Gasteiger partial charge in [0, 0.05) is 0 Å². The summed E-state index contributed by atoms with van der Waals surface area (Å²) < 4.78 is 12.3. The molecule has 0 aliphatic rings. The number of fused-ring (bicyclic) bond motifs is 1. The molecule has 1 N–H and O–H groups in total. The summed E-state index contributed by atoms with van der Waals surface area (Å²) >= 11 is 3.56. The van der Waals surface area contributed by atoms with E-state index in [1.165, 1.54) is 0 Å². The first-order chi connectivity index (χ1) is 13.0. The lowest BCUT2D eigenvalue weighted by atomic mass is 10.1. The molecule has 0 bridgehead atoms. The molecule has 4 nitrogen and oxygen atoms in total. The van der Waals surface area contributed by atoms with Crippen molar-refractivity contribution in [3.8, 4) is 11.5 Å². The summed E-state index contributed by atoms with van der Waals surface area (Å²) in [6.45, 7) is 4.25. The van der Waals surface area contributed by atoms with Gasteiger partial charge < -0.3 is 14.8 Å². The molecule has 1 unspecified atom stereocenters. The lowest BCUT2D eigenvalue weighted by molar-refractivity contribution is -0.123. The second-order valence-corrected chi connectivity index (χ2v) is 7.23. The fourth-order valence-corrected chi connectivity index (χ4v) is 3.37. The summed E-state index contributed by atoms with van der Waals surface area (Å²) in [5, 5.41) is 5.06. The molecule has 0 radical (unpaired) electrons. The second kappa shape index (κ2) is 8.91. The first-order valence-corrected chi connectivity index (χ1v) is 9.61. The molecule has 0 saturated carbocycles. The summed E-state index contributed by atoms with van der Waals surface area (Å²) in [6, 6.07) is 19.5. The molecule has 140 valence electrons. The van der Waals surface area contributed by atoms with Gasteiger partial charge in [-0.1, -0.05) is 48.5 Å². The number of nitrogens with one attached hydrogen (secondary N) is 1. The molecule has 0 aliphatic heterocycles. The highest BCUT2D eigenvalue weighted by atomic mass is 79.9. The van der Waals surface area contributed by atoms with Gasteiger partial charge in [-0.2, -0.15) is 0 Å². The van der Waals surface area contributed by atoms with E-state index in [9.17, 15) is 4.79 Å². The molecule has 0 heterocycles. The van der Waals surface area contributed by atoms with Crippen molar-refractivity contribution in [2.24, 2.45) is 0 Å². The van der Waals surface area contributed by atoms with E-state index in [1.807, 2.05) is 74.5 Å². The summed E-state index contributed by atoms with van der Waals surface area (Å²) in [7, 11) is 0. The smallest absolute Gasteiger partial charge is 0.258 e. The van der Waals surface area contributed by atoms with Gasteiger partial charge in [0.15, 0.2) is 6.61 Å². The highest BCUT2D eigenvalue weighted by molar-refractivity contribution is 9.10. The van der Waals surface area contributed by atoms with E-state index in [-0.39, 0.29) is 18.6 Å². The van der Waals surface area contributed by atoms with E-state index >= 15 is 0 Å². The fraction of sp³-hybridized carbons (Fsp3) is 0.227. The minimum atomic E-state index is -0.184. The maximum atomic E-state index is 12.2. The van der Waals surface area contributed by atoms with E-state index in [0.717, 1.165) is 26.6 Å². The first kappa shape index (κ1) is 19.2. The molecule has 1 amide bonds. The van der Waals surface area contributed by atoms with Gasteiger partial charge in [-0.3, -0.25) is 4.79 Å². The van der Waals surface area contributed by atoms with Crippen molar-refractivity contribution in [1.82, 2.24) is 5.32 Å².